The molecular formula is C18H18O. The smallest absolute Gasteiger partial charge is 0.120 e. The lowest BCUT2D eigenvalue weighted by Crippen LogP contribution is -2.01. The van der Waals surface area contributed by atoms with E-state index in [-0.39, 0.29) is 0 Å². The van der Waals surface area contributed by atoms with E-state index in [1.165, 1.54) is 21.9 Å². The Bertz CT molecular complexity index is 650. The molecule has 1 aliphatic carbocycles. The normalized spacial score (nSPS) is 14.5. The summed E-state index contributed by atoms with van der Waals surface area (Å²) in [6, 6.07) is 12.7. The summed E-state index contributed by atoms with van der Waals surface area (Å²) in [6.45, 7) is 2.80. The molecule has 0 amide bonds. The molecule has 2 aromatic rings. The first kappa shape index (κ1) is 12.0. The second kappa shape index (κ2) is 5.31. The molecule has 0 bridgehead atoms. The van der Waals surface area contributed by atoms with Crippen LogP contribution in [0.4, 0.5) is 0 Å². The summed E-state index contributed by atoms with van der Waals surface area (Å²) >= 11 is 0. The van der Waals surface area contributed by atoms with Crippen molar-refractivity contribution in [3.63, 3.8) is 0 Å². The Hall–Kier alpha value is -2.02. The first-order valence-electron chi connectivity index (χ1n) is 6.81. The average molecular weight is 250 g/mol. The van der Waals surface area contributed by atoms with Crippen LogP contribution in [0.15, 0.2) is 60.2 Å². The van der Waals surface area contributed by atoms with Gasteiger partial charge in [-0.3, -0.25) is 0 Å². The van der Waals surface area contributed by atoms with Crippen molar-refractivity contribution >= 4 is 10.8 Å². The second-order valence-corrected chi connectivity index (χ2v) is 5.01. The molecule has 19 heavy (non-hydrogen) atoms. The van der Waals surface area contributed by atoms with Crippen LogP contribution < -0.4 is 4.74 Å². The number of benzene rings is 2. The van der Waals surface area contributed by atoms with Crippen molar-refractivity contribution in [1.29, 1.82) is 0 Å². The van der Waals surface area contributed by atoms with E-state index in [0.29, 0.717) is 6.61 Å². The van der Waals surface area contributed by atoms with Crippen LogP contribution in [-0.2, 0) is 0 Å². The van der Waals surface area contributed by atoms with Crippen molar-refractivity contribution in [3.8, 4) is 5.75 Å². The second-order valence-electron chi connectivity index (χ2n) is 5.01. The van der Waals surface area contributed by atoms with Crippen LogP contribution >= 0.6 is 0 Å². The van der Waals surface area contributed by atoms with Gasteiger partial charge in [-0.15, -0.1) is 0 Å². The van der Waals surface area contributed by atoms with Gasteiger partial charge < -0.3 is 4.74 Å². The van der Waals surface area contributed by atoms with Gasteiger partial charge in [0.2, 0.25) is 0 Å². The van der Waals surface area contributed by atoms with Gasteiger partial charge >= 0.3 is 0 Å². The van der Waals surface area contributed by atoms with E-state index in [2.05, 4.69) is 61.5 Å². The topological polar surface area (TPSA) is 9.23 Å². The van der Waals surface area contributed by atoms with Gasteiger partial charge in [-0.05, 0) is 53.8 Å². The number of hydrogen-bond acceptors (Lipinski definition) is 1. The van der Waals surface area contributed by atoms with Crippen molar-refractivity contribution in [3.05, 3.63) is 65.8 Å². The molecule has 2 aromatic carbocycles. The molecule has 0 aliphatic heterocycles. The molecular weight excluding hydrogens is 232 g/mol. The van der Waals surface area contributed by atoms with Gasteiger partial charge in [0.1, 0.15) is 12.4 Å². The molecule has 3 rings (SSSR count). The van der Waals surface area contributed by atoms with Crippen molar-refractivity contribution in [2.45, 2.75) is 19.8 Å². The highest BCUT2D eigenvalue weighted by Gasteiger charge is 2.02. The van der Waals surface area contributed by atoms with Crippen molar-refractivity contribution in [1.82, 2.24) is 0 Å². The van der Waals surface area contributed by atoms with Crippen LogP contribution in [0.1, 0.15) is 18.4 Å². The highest BCUT2D eigenvalue weighted by atomic mass is 16.5. The minimum Gasteiger partial charge on any atom is -0.489 e. The molecule has 0 saturated heterocycles. The van der Waals surface area contributed by atoms with E-state index >= 15 is 0 Å². The monoisotopic (exact) mass is 250 g/mol. The highest BCUT2D eigenvalue weighted by Crippen LogP contribution is 2.24. The van der Waals surface area contributed by atoms with E-state index in [9.17, 15) is 0 Å². The molecule has 96 valence electrons. The van der Waals surface area contributed by atoms with E-state index in [0.717, 1.165) is 18.6 Å². The summed E-state index contributed by atoms with van der Waals surface area (Å²) in [4.78, 5) is 0. The molecule has 1 heteroatoms. The molecule has 1 aliphatic rings. The van der Waals surface area contributed by atoms with Crippen molar-refractivity contribution in [2.75, 3.05) is 6.61 Å². The average Bonchev–Trinajstić information content (AvgIpc) is 2.46. The van der Waals surface area contributed by atoms with Crippen LogP contribution in [-0.4, -0.2) is 6.61 Å². The third kappa shape index (κ3) is 2.70. The van der Waals surface area contributed by atoms with Crippen molar-refractivity contribution < 1.29 is 4.74 Å². The zero-order valence-electron chi connectivity index (χ0n) is 11.2. The molecule has 1 nitrogen and oxygen atoms in total. The Morgan fingerprint density at radius 3 is 2.89 bits per heavy atom. The zero-order chi connectivity index (χ0) is 13.1. The highest BCUT2D eigenvalue weighted by molar-refractivity contribution is 5.86. The van der Waals surface area contributed by atoms with Crippen LogP contribution in [0.5, 0.6) is 5.75 Å². The first-order chi connectivity index (χ1) is 9.33. The molecule has 0 saturated carbocycles. The maximum Gasteiger partial charge on any atom is 0.120 e. The quantitative estimate of drug-likeness (QED) is 0.760. The Morgan fingerprint density at radius 2 is 2.05 bits per heavy atom. The minimum atomic E-state index is 0.661. The summed E-state index contributed by atoms with van der Waals surface area (Å²) in [5.74, 6) is 0.943. The predicted molar refractivity (Wildman–Crippen MR) is 80.6 cm³/mol. The van der Waals surface area contributed by atoms with E-state index in [1.54, 1.807) is 0 Å². The molecule has 0 N–H and O–H groups in total. The molecule has 0 unspecified atom stereocenters. The standard InChI is InChI=1S/C18H18O/c1-14-6-5-9-16-12-17(10-11-18(14)16)19-13-15-7-3-2-4-8-15/h3,5-12H,2,4,13H2,1H3. The first-order valence-corrected chi connectivity index (χ1v) is 6.81. The van der Waals surface area contributed by atoms with Gasteiger partial charge in [0, 0.05) is 0 Å². The van der Waals surface area contributed by atoms with Gasteiger partial charge in [0.15, 0.2) is 0 Å². The fourth-order valence-electron chi connectivity index (χ4n) is 2.45. The lowest BCUT2D eigenvalue weighted by molar-refractivity contribution is 0.355. The van der Waals surface area contributed by atoms with E-state index in [1.807, 2.05) is 0 Å². The summed E-state index contributed by atoms with van der Waals surface area (Å²) in [5.41, 5.74) is 2.58. The predicted octanol–water partition coefficient (Wildman–Crippen LogP) is 4.80. The Balaban J connectivity index is 1.78. The fourth-order valence-corrected chi connectivity index (χ4v) is 2.45. The number of ether oxygens (including phenoxy) is 1. The summed E-state index contributed by atoms with van der Waals surface area (Å²) < 4.78 is 5.87. The molecule has 0 heterocycles. The molecule has 0 fully saturated rings. The maximum absolute atomic E-state index is 5.87. The molecule has 0 spiro atoms. The number of rotatable bonds is 3. The SMILES string of the molecule is Cc1cccc2cc(OCC3=CCCC=C3)ccc12. The third-order valence-electron chi connectivity index (χ3n) is 3.55. The number of aryl methyl sites for hydroxylation is 1. The minimum absolute atomic E-state index is 0.661. The lowest BCUT2D eigenvalue weighted by atomic mass is 10.1. The third-order valence-corrected chi connectivity index (χ3v) is 3.55. The van der Waals surface area contributed by atoms with Crippen LogP contribution in [0.3, 0.4) is 0 Å². The summed E-state index contributed by atoms with van der Waals surface area (Å²) in [7, 11) is 0. The summed E-state index contributed by atoms with van der Waals surface area (Å²) in [5, 5.41) is 2.54. The van der Waals surface area contributed by atoms with Gasteiger partial charge in [0.25, 0.3) is 0 Å². The Kier molecular flexibility index (Phi) is 3.37. The van der Waals surface area contributed by atoms with E-state index < -0.39 is 0 Å². The van der Waals surface area contributed by atoms with Gasteiger partial charge in [-0.2, -0.15) is 0 Å². The maximum atomic E-state index is 5.87. The van der Waals surface area contributed by atoms with Gasteiger partial charge in [0.05, 0.1) is 0 Å². The molecule has 0 radical (unpaired) electrons. The van der Waals surface area contributed by atoms with Gasteiger partial charge in [-0.25, -0.2) is 0 Å². The van der Waals surface area contributed by atoms with Crippen LogP contribution in [0, 0.1) is 6.92 Å². The lowest BCUT2D eigenvalue weighted by Gasteiger charge is -2.10. The summed E-state index contributed by atoms with van der Waals surface area (Å²) in [6.07, 6.45) is 8.91. The molecule has 0 aromatic heterocycles. The zero-order valence-corrected chi connectivity index (χ0v) is 11.2. The van der Waals surface area contributed by atoms with Crippen molar-refractivity contribution in [2.24, 2.45) is 0 Å². The van der Waals surface area contributed by atoms with Crippen LogP contribution in [0.2, 0.25) is 0 Å². The van der Waals surface area contributed by atoms with Gasteiger partial charge in [-0.1, -0.05) is 42.5 Å². The Morgan fingerprint density at radius 1 is 1.11 bits per heavy atom. The van der Waals surface area contributed by atoms with Crippen LogP contribution in [0.25, 0.3) is 10.8 Å². The molecule has 0 atom stereocenters. The van der Waals surface area contributed by atoms with E-state index in [4.69, 9.17) is 4.74 Å². The number of fused-ring (bicyclic) bond motifs is 1. The fraction of sp³-hybridized carbons (Fsp3) is 0.222. The largest absolute Gasteiger partial charge is 0.489 e. The number of hydrogen-bond donors (Lipinski definition) is 0. The Labute approximate surface area is 114 Å². The number of allylic oxidation sites excluding steroid dienone is 2.